The highest BCUT2D eigenvalue weighted by Gasteiger charge is 2.24. The molecule has 0 aliphatic heterocycles. The number of thiophene rings is 1. The first-order chi connectivity index (χ1) is 9.95. The second-order valence-electron chi connectivity index (χ2n) is 4.83. The Balaban J connectivity index is 2.31. The van der Waals surface area contributed by atoms with Gasteiger partial charge >= 0.3 is 5.97 Å². The van der Waals surface area contributed by atoms with Gasteiger partial charge in [-0.1, -0.05) is 6.07 Å². The third-order valence-electron chi connectivity index (χ3n) is 3.46. The van der Waals surface area contributed by atoms with E-state index in [0.29, 0.717) is 29.9 Å². The van der Waals surface area contributed by atoms with Gasteiger partial charge in [-0.2, -0.15) is 0 Å². The molecule has 0 aliphatic rings. The van der Waals surface area contributed by atoms with Gasteiger partial charge in [0, 0.05) is 17.1 Å². The Morgan fingerprint density at radius 2 is 2.10 bits per heavy atom. The maximum absolute atomic E-state index is 12.7. The summed E-state index contributed by atoms with van der Waals surface area (Å²) in [6.45, 7) is 6.43. The van der Waals surface area contributed by atoms with E-state index in [1.807, 2.05) is 24.4 Å². The SMILES string of the molecule is CCN(Cc1cccs1)C(=O)c1c(C)[nH]c(C(=O)O)c1C. The Morgan fingerprint density at radius 1 is 1.38 bits per heavy atom. The van der Waals surface area contributed by atoms with E-state index in [2.05, 4.69) is 4.98 Å². The van der Waals surface area contributed by atoms with Crippen molar-refractivity contribution in [2.45, 2.75) is 27.3 Å². The minimum atomic E-state index is -1.05. The van der Waals surface area contributed by atoms with Crippen LogP contribution in [0.2, 0.25) is 0 Å². The lowest BCUT2D eigenvalue weighted by Crippen LogP contribution is -2.30. The lowest BCUT2D eigenvalue weighted by Gasteiger charge is -2.20. The van der Waals surface area contributed by atoms with Gasteiger partial charge < -0.3 is 15.0 Å². The number of carboxylic acids is 1. The molecule has 1 amide bonds. The summed E-state index contributed by atoms with van der Waals surface area (Å²) in [5, 5.41) is 11.1. The number of aryl methyl sites for hydroxylation is 1. The van der Waals surface area contributed by atoms with Gasteiger partial charge in [-0.3, -0.25) is 4.79 Å². The topological polar surface area (TPSA) is 73.4 Å². The van der Waals surface area contributed by atoms with Crippen LogP contribution in [0, 0.1) is 13.8 Å². The molecule has 112 valence electrons. The molecule has 0 spiro atoms. The largest absolute Gasteiger partial charge is 0.477 e. The van der Waals surface area contributed by atoms with Gasteiger partial charge in [-0.05, 0) is 37.8 Å². The Bertz CT molecular complexity index is 659. The molecule has 0 atom stereocenters. The smallest absolute Gasteiger partial charge is 0.352 e. The molecule has 0 saturated carbocycles. The predicted octanol–water partition coefficient (Wildman–Crippen LogP) is 3.05. The average molecular weight is 306 g/mol. The van der Waals surface area contributed by atoms with Crippen LogP contribution in [-0.4, -0.2) is 33.4 Å². The Labute approximate surface area is 127 Å². The molecule has 0 saturated heterocycles. The maximum Gasteiger partial charge on any atom is 0.352 e. The number of aromatic amines is 1. The molecule has 0 bridgehead atoms. The van der Waals surface area contributed by atoms with Crippen molar-refractivity contribution in [2.24, 2.45) is 0 Å². The fourth-order valence-electron chi connectivity index (χ4n) is 2.36. The highest BCUT2D eigenvalue weighted by Crippen LogP contribution is 2.21. The summed E-state index contributed by atoms with van der Waals surface area (Å²) >= 11 is 1.60. The fourth-order valence-corrected chi connectivity index (χ4v) is 3.08. The number of H-pyrrole nitrogens is 1. The molecule has 2 heterocycles. The van der Waals surface area contributed by atoms with E-state index in [1.54, 1.807) is 30.1 Å². The molecule has 0 aromatic carbocycles. The van der Waals surface area contributed by atoms with Gasteiger partial charge in [0.1, 0.15) is 5.69 Å². The third-order valence-corrected chi connectivity index (χ3v) is 4.32. The number of aromatic carboxylic acids is 1. The molecule has 2 aromatic heterocycles. The van der Waals surface area contributed by atoms with Gasteiger partial charge in [0.15, 0.2) is 0 Å². The number of hydrogen-bond acceptors (Lipinski definition) is 3. The van der Waals surface area contributed by atoms with Crippen molar-refractivity contribution >= 4 is 23.2 Å². The molecule has 5 nitrogen and oxygen atoms in total. The van der Waals surface area contributed by atoms with Gasteiger partial charge in [-0.15, -0.1) is 11.3 Å². The molecule has 0 radical (unpaired) electrons. The van der Waals surface area contributed by atoms with Gasteiger partial charge in [-0.25, -0.2) is 4.79 Å². The van der Waals surface area contributed by atoms with Crippen LogP contribution < -0.4 is 0 Å². The summed E-state index contributed by atoms with van der Waals surface area (Å²) in [6.07, 6.45) is 0. The van der Waals surface area contributed by atoms with Crippen LogP contribution in [-0.2, 0) is 6.54 Å². The van der Waals surface area contributed by atoms with E-state index in [0.717, 1.165) is 4.88 Å². The van der Waals surface area contributed by atoms with E-state index in [4.69, 9.17) is 5.11 Å². The third kappa shape index (κ3) is 3.00. The summed E-state index contributed by atoms with van der Waals surface area (Å²) in [6, 6.07) is 3.94. The van der Waals surface area contributed by atoms with Crippen molar-refractivity contribution in [3.05, 3.63) is 44.9 Å². The van der Waals surface area contributed by atoms with Crippen LogP contribution >= 0.6 is 11.3 Å². The fraction of sp³-hybridized carbons (Fsp3) is 0.333. The molecular formula is C15H18N2O3S. The summed E-state index contributed by atoms with van der Waals surface area (Å²) in [5.74, 6) is -1.18. The summed E-state index contributed by atoms with van der Waals surface area (Å²) in [4.78, 5) is 29.5. The number of nitrogens with one attached hydrogen (secondary N) is 1. The number of carboxylic acid groups (broad SMARTS) is 1. The molecule has 2 aromatic rings. The van der Waals surface area contributed by atoms with Crippen LogP contribution in [0.3, 0.4) is 0 Å². The normalized spacial score (nSPS) is 10.6. The van der Waals surface area contributed by atoms with Crippen molar-refractivity contribution in [3.8, 4) is 0 Å². The highest BCUT2D eigenvalue weighted by molar-refractivity contribution is 7.09. The highest BCUT2D eigenvalue weighted by atomic mass is 32.1. The van der Waals surface area contributed by atoms with Crippen molar-refractivity contribution < 1.29 is 14.7 Å². The number of rotatable bonds is 5. The van der Waals surface area contributed by atoms with Gasteiger partial charge in [0.25, 0.3) is 5.91 Å². The second-order valence-corrected chi connectivity index (χ2v) is 5.86. The summed E-state index contributed by atoms with van der Waals surface area (Å²) < 4.78 is 0. The Kier molecular flexibility index (Phi) is 4.47. The standard InChI is InChI=1S/C15H18N2O3S/c1-4-17(8-11-6-5-7-21-11)14(18)12-9(2)13(15(19)20)16-10(12)3/h5-7,16H,4,8H2,1-3H3,(H,19,20). The van der Waals surface area contributed by atoms with Crippen molar-refractivity contribution in [1.29, 1.82) is 0 Å². The summed E-state index contributed by atoms with van der Waals surface area (Å²) in [7, 11) is 0. The van der Waals surface area contributed by atoms with Gasteiger partial charge in [0.2, 0.25) is 0 Å². The van der Waals surface area contributed by atoms with E-state index >= 15 is 0 Å². The van der Waals surface area contributed by atoms with Gasteiger partial charge in [0.05, 0.1) is 12.1 Å². The first-order valence-electron chi connectivity index (χ1n) is 6.69. The van der Waals surface area contributed by atoms with Crippen LogP contribution in [0.4, 0.5) is 0 Å². The molecule has 0 aliphatic carbocycles. The zero-order valence-corrected chi connectivity index (χ0v) is 13.1. The van der Waals surface area contributed by atoms with Crippen LogP contribution in [0.25, 0.3) is 0 Å². The minimum absolute atomic E-state index is 0.0861. The first kappa shape index (κ1) is 15.3. The molecule has 0 fully saturated rings. The van der Waals surface area contributed by atoms with Crippen molar-refractivity contribution in [3.63, 3.8) is 0 Å². The molecule has 21 heavy (non-hydrogen) atoms. The van der Waals surface area contributed by atoms with Crippen molar-refractivity contribution in [1.82, 2.24) is 9.88 Å². The monoisotopic (exact) mass is 306 g/mol. The number of aromatic nitrogens is 1. The Morgan fingerprint density at radius 3 is 2.57 bits per heavy atom. The Hall–Kier alpha value is -2.08. The van der Waals surface area contributed by atoms with Crippen LogP contribution in [0.1, 0.15) is 43.9 Å². The predicted molar refractivity (Wildman–Crippen MR) is 82.0 cm³/mol. The molecular weight excluding hydrogens is 288 g/mol. The molecule has 6 heteroatoms. The molecule has 2 rings (SSSR count). The van der Waals surface area contributed by atoms with E-state index < -0.39 is 5.97 Å². The molecule has 2 N–H and O–H groups in total. The van der Waals surface area contributed by atoms with E-state index in [-0.39, 0.29) is 11.6 Å². The number of hydrogen-bond donors (Lipinski definition) is 2. The van der Waals surface area contributed by atoms with Crippen LogP contribution in [0.15, 0.2) is 17.5 Å². The van der Waals surface area contributed by atoms with Crippen molar-refractivity contribution in [2.75, 3.05) is 6.54 Å². The first-order valence-corrected chi connectivity index (χ1v) is 7.57. The van der Waals surface area contributed by atoms with E-state index in [9.17, 15) is 9.59 Å². The minimum Gasteiger partial charge on any atom is -0.477 e. The number of amides is 1. The zero-order valence-electron chi connectivity index (χ0n) is 12.3. The second kappa shape index (κ2) is 6.13. The lowest BCUT2D eigenvalue weighted by atomic mass is 10.1. The molecule has 0 unspecified atom stereocenters. The number of carbonyl (C=O) groups excluding carboxylic acids is 1. The maximum atomic E-state index is 12.7. The summed E-state index contributed by atoms with van der Waals surface area (Å²) in [5.41, 5.74) is 1.64. The van der Waals surface area contributed by atoms with Crippen LogP contribution in [0.5, 0.6) is 0 Å². The average Bonchev–Trinajstić information content (AvgIpc) is 3.03. The van der Waals surface area contributed by atoms with E-state index in [1.165, 1.54) is 0 Å². The quantitative estimate of drug-likeness (QED) is 0.891. The lowest BCUT2D eigenvalue weighted by molar-refractivity contribution is 0.0690. The number of nitrogens with zero attached hydrogens (tertiary/aromatic N) is 1. The zero-order chi connectivity index (χ0) is 15.6. The number of carbonyl (C=O) groups is 2.